The Morgan fingerprint density at radius 3 is 2.78 bits per heavy atom. The highest BCUT2D eigenvalue weighted by Crippen LogP contribution is 2.24. The highest BCUT2D eigenvalue weighted by atomic mass is 16.6. The molecular formula is C18H23N3O6. The van der Waals surface area contributed by atoms with Crippen LogP contribution in [0.1, 0.15) is 36.5 Å². The van der Waals surface area contributed by atoms with Gasteiger partial charge in [0.05, 0.1) is 17.1 Å². The Labute approximate surface area is 156 Å². The number of non-ortho nitro benzene ring substituents is 1. The van der Waals surface area contributed by atoms with Crippen LogP contribution in [0.25, 0.3) is 0 Å². The number of nitro benzene ring substituents is 1. The number of benzene rings is 1. The van der Waals surface area contributed by atoms with Crippen LogP contribution >= 0.6 is 0 Å². The molecule has 0 atom stereocenters. The maximum absolute atomic E-state index is 12.4. The fourth-order valence-corrected chi connectivity index (χ4v) is 2.88. The molecule has 9 nitrogen and oxygen atoms in total. The summed E-state index contributed by atoms with van der Waals surface area (Å²) < 4.78 is 5.11. The van der Waals surface area contributed by atoms with Gasteiger partial charge in [0.2, 0.25) is 0 Å². The van der Waals surface area contributed by atoms with E-state index in [0.717, 1.165) is 31.0 Å². The lowest BCUT2D eigenvalue weighted by Gasteiger charge is -2.22. The summed E-state index contributed by atoms with van der Waals surface area (Å²) in [5.41, 5.74) is 0.889. The number of likely N-dealkylation sites (N-methyl/N-ethyl adjacent to an activating group) is 1. The molecule has 0 unspecified atom stereocenters. The molecule has 2 N–H and O–H groups in total. The lowest BCUT2D eigenvalue weighted by Crippen LogP contribution is -2.33. The number of carbonyl (C=O) groups excluding carboxylic acids is 2. The van der Waals surface area contributed by atoms with E-state index in [2.05, 4.69) is 5.32 Å². The monoisotopic (exact) mass is 377 g/mol. The topological polar surface area (TPSA) is 122 Å². The first-order valence-corrected chi connectivity index (χ1v) is 8.77. The molecule has 0 aromatic heterocycles. The lowest BCUT2D eigenvalue weighted by atomic mass is 10.1. The number of esters is 1. The number of allylic oxidation sites excluding steroid dienone is 2. The summed E-state index contributed by atoms with van der Waals surface area (Å²) in [6.07, 6.45) is 4.73. The minimum Gasteiger partial charge on any atom is -0.452 e. The van der Waals surface area contributed by atoms with Gasteiger partial charge < -0.3 is 20.1 Å². The van der Waals surface area contributed by atoms with Crippen LogP contribution in [-0.2, 0) is 9.53 Å². The molecule has 1 aliphatic rings. The Kier molecular flexibility index (Phi) is 7.30. The summed E-state index contributed by atoms with van der Waals surface area (Å²) in [6, 6.07) is 3.70. The number of rotatable bonds is 9. The number of aliphatic hydroxyl groups excluding tert-OH is 1. The number of amides is 1. The molecule has 2 rings (SSSR count). The number of hydrogen-bond donors (Lipinski definition) is 2. The predicted molar refractivity (Wildman–Crippen MR) is 98.3 cm³/mol. The van der Waals surface area contributed by atoms with E-state index < -0.39 is 17.5 Å². The minimum atomic E-state index is -0.844. The van der Waals surface area contributed by atoms with Gasteiger partial charge in [0, 0.05) is 36.6 Å². The normalized spacial score (nSPS) is 13.0. The number of nitro groups is 1. The fraction of sp³-hybridized carbons (Fsp3) is 0.444. The standard InChI is InChI=1S/C18H23N3O6/c1-2-20(13-5-3-4-6-13)17(23)12-27-18(24)15-11-14(21(25)26)7-8-16(15)19-9-10-22/h5,7-8,11,19,22H,2-4,6,9-10,12H2,1H3. The van der Waals surface area contributed by atoms with Crippen LogP contribution in [0, 0.1) is 10.1 Å². The van der Waals surface area contributed by atoms with E-state index in [1.54, 1.807) is 4.90 Å². The van der Waals surface area contributed by atoms with Crippen LogP contribution in [-0.4, -0.2) is 53.1 Å². The molecule has 9 heteroatoms. The second-order valence-electron chi connectivity index (χ2n) is 5.94. The number of anilines is 1. The van der Waals surface area contributed by atoms with E-state index in [4.69, 9.17) is 9.84 Å². The quantitative estimate of drug-likeness (QED) is 0.384. The Morgan fingerprint density at radius 2 is 2.19 bits per heavy atom. The molecule has 27 heavy (non-hydrogen) atoms. The van der Waals surface area contributed by atoms with Crippen molar-refractivity contribution < 1.29 is 24.4 Å². The number of hydrogen-bond acceptors (Lipinski definition) is 7. The first-order valence-electron chi connectivity index (χ1n) is 8.77. The first kappa shape index (κ1) is 20.4. The van der Waals surface area contributed by atoms with Crippen molar-refractivity contribution in [2.24, 2.45) is 0 Å². The Bertz CT molecular complexity index is 747. The number of nitrogens with zero attached hydrogens (tertiary/aromatic N) is 2. The van der Waals surface area contributed by atoms with Gasteiger partial charge in [-0.1, -0.05) is 6.08 Å². The van der Waals surface area contributed by atoms with E-state index in [1.807, 2.05) is 13.0 Å². The van der Waals surface area contributed by atoms with Gasteiger partial charge >= 0.3 is 5.97 Å². The molecule has 0 saturated carbocycles. The maximum atomic E-state index is 12.4. The molecule has 1 aliphatic carbocycles. The predicted octanol–water partition coefficient (Wildman–Crippen LogP) is 2.07. The summed E-state index contributed by atoms with van der Waals surface area (Å²) in [4.78, 5) is 36.7. The molecule has 0 spiro atoms. The highest BCUT2D eigenvalue weighted by molar-refractivity contribution is 5.97. The van der Waals surface area contributed by atoms with Gasteiger partial charge in [-0.2, -0.15) is 0 Å². The zero-order valence-electron chi connectivity index (χ0n) is 15.1. The van der Waals surface area contributed by atoms with Crippen molar-refractivity contribution in [2.45, 2.75) is 26.2 Å². The minimum absolute atomic E-state index is 0.0615. The third kappa shape index (κ3) is 5.27. The van der Waals surface area contributed by atoms with Crippen molar-refractivity contribution in [3.8, 4) is 0 Å². The van der Waals surface area contributed by atoms with E-state index in [9.17, 15) is 19.7 Å². The summed E-state index contributed by atoms with van der Waals surface area (Å²) in [5, 5.41) is 22.7. The van der Waals surface area contributed by atoms with Crippen LogP contribution < -0.4 is 5.32 Å². The molecule has 1 aromatic rings. The Balaban J connectivity index is 2.10. The van der Waals surface area contributed by atoms with Crippen molar-refractivity contribution in [2.75, 3.05) is 31.6 Å². The Hall–Kier alpha value is -2.94. The van der Waals surface area contributed by atoms with E-state index in [-0.39, 0.29) is 36.0 Å². The largest absolute Gasteiger partial charge is 0.452 e. The molecule has 1 aromatic carbocycles. The van der Waals surface area contributed by atoms with Gasteiger partial charge in [0.15, 0.2) is 6.61 Å². The van der Waals surface area contributed by atoms with Gasteiger partial charge in [-0.3, -0.25) is 14.9 Å². The van der Waals surface area contributed by atoms with Crippen LogP contribution in [0.15, 0.2) is 30.0 Å². The van der Waals surface area contributed by atoms with Crippen LogP contribution in [0.4, 0.5) is 11.4 Å². The highest BCUT2D eigenvalue weighted by Gasteiger charge is 2.22. The van der Waals surface area contributed by atoms with Crippen molar-refractivity contribution >= 4 is 23.3 Å². The molecule has 0 aliphatic heterocycles. The number of carbonyl (C=O) groups is 2. The number of aliphatic hydroxyl groups is 1. The van der Waals surface area contributed by atoms with Crippen molar-refractivity contribution in [1.82, 2.24) is 4.90 Å². The first-order chi connectivity index (χ1) is 13.0. The summed E-state index contributed by atoms with van der Waals surface area (Å²) >= 11 is 0. The second kappa shape index (κ2) is 9.67. The third-order valence-electron chi connectivity index (χ3n) is 4.17. The maximum Gasteiger partial charge on any atom is 0.341 e. The SMILES string of the molecule is CCN(C(=O)COC(=O)c1cc([N+](=O)[O-])ccc1NCCO)C1=CCCC1. The summed E-state index contributed by atoms with van der Waals surface area (Å²) in [5.74, 6) is -1.18. The van der Waals surface area contributed by atoms with Crippen LogP contribution in [0.3, 0.4) is 0 Å². The summed E-state index contributed by atoms with van der Waals surface area (Å²) in [7, 11) is 0. The molecule has 0 saturated heterocycles. The Morgan fingerprint density at radius 1 is 1.41 bits per heavy atom. The molecule has 146 valence electrons. The van der Waals surface area contributed by atoms with E-state index >= 15 is 0 Å². The van der Waals surface area contributed by atoms with Gasteiger partial charge in [-0.05, 0) is 32.3 Å². The average Bonchev–Trinajstić information content (AvgIpc) is 3.19. The third-order valence-corrected chi connectivity index (χ3v) is 4.17. The van der Waals surface area contributed by atoms with E-state index in [0.29, 0.717) is 6.54 Å². The zero-order valence-corrected chi connectivity index (χ0v) is 15.1. The van der Waals surface area contributed by atoms with Gasteiger partial charge in [-0.15, -0.1) is 0 Å². The van der Waals surface area contributed by atoms with Crippen molar-refractivity contribution in [1.29, 1.82) is 0 Å². The molecule has 0 heterocycles. The van der Waals surface area contributed by atoms with Gasteiger partial charge in [0.25, 0.3) is 11.6 Å². The number of nitrogens with one attached hydrogen (secondary N) is 1. The van der Waals surface area contributed by atoms with Gasteiger partial charge in [-0.25, -0.2) is 4.79 Å². The second-order valence-corrected chi connectivity index (χ2v) is 5.94. The zero-order chi connectivity index (χ0) is 19.8. The van der Waals surface area contributed by atoms with Crippen molar-refractivity contribution in [3.05, 3.63) is 45.6 Å². The molecular weight excluding hydrogens is 354 g/mol. The fourth-order valence-electron chi connectivity index (χ4n) is 2.88. The average molecular weight is 377 g/mol. The van der Waals surface area contributed by atoms with Crippen LogP contribution in [0.5, 0.6) is 0 Å². The van der Waals surface area contributed by atoms with Gasteiger partial charge in [0.1, 0.15) is 0 Å². The van der Waals surface area contributed by atoms with E-state index in [1.165, 1.54) is 12.1 Å². The molecule has 0 bridgehead atoms. The molecule has 0 radical (unpaired) electrons. The van der Waals surface area contributed by atoms with Crippen molar-refractivity contribution in [3.63, 3.8) is 0 Å². The number of ether oxygens (including phenoxy) is 1. The smallest absolute Gasteiger partial charge is 0.341 e. The van der Waals surface area contributed by atoms with Crippen LogP contribution in [0.2, 0.25) is 0 Å². The lowest BCUT2D eigenvalue weighted by molar-refractivity contribution is -0.384. The molecule has 0 fully saturated rings. The molecule has 1 amide bonds. The summed E-state index contributed by atoms with van der Waals surface area (Å²) in [6.45, 7) is 1.85.